The number of rotatable bonds is 1. The van der Waals surface area contributed by atoms with E-state index in [2.05, 4.69) is 18.2 Å². The van der Waals surface area contributed by atoms with Crippen LogP contribution in [0.25, 0.3) is 21.9 Å². The van der Waals surface area contributed by atoms with Crippen molar-refractivity contribution < 1.29 is 5.11 Å². The van der Waals surface area contributed by atoms with Crippen molar-refractivity contribution in [1.29, 1.82) is 0 Å². The van der Waals surface area contributed by atoms with Crippen LogP contribution in [0, 0.1) is 6.92 Å². The second-order valence-corrected chi connectivity index (χ2v) is 4.48. The van der Waals surface area contributed by atoms with Crippen molar-refractivity contribution in [3.63, 3.8) is 0 Å². The van der Waals surface area contributed by atoms with Gasteiger partial charge in [0.1, 0.15) is 5.75 Å². The minimum absolute atomic E-state index is 0.354. The minimum Gasteiger partial charge on any atom is -0.508 e. The van der Waals surface area contributed by atoms with E-state index in [0.717, 1.165) is 22.1 Å². The van der Waals surface area contributed by atoms with Gasteiger partial charge in [0.25, 0.3) is 0 Å². The molecule has 0 aliphatic carbocycles. The van der Waals surface area contributed by atoms with Gasteiger partial charge in [-0.3, -0.25) is 0 Å². The summed E-state index contributed by atoms with van der Waals surface area (Å²) in [5.41, 5.74) is 3.19. The van der Waals surface area contributed by atoms with E-state index in [-0.39, 0.29) is 0 Å². The van der Waals surface area contributed by atoms with Gasteiger partial charge in [-0.05, 0) is 40.5 Å². The van der Waals surface area contributed by atoms with Gasteiger partial charge in [-0.2, -0.15) is 0 Å². The Kier molecular flexibility index (Phi) is 2.52. The van der Waals surface area contributed by atoms with Gasteiger partial charge in [0.15, 0.2) is 0 Å². The molecule has 0 fully saturated rings. The van der Waals surface area contributed by atoms with E-state index < -0.39 is 0 Å². The Hall–Kier alpha value is -2.28. The molecule has 0 bridgehead atoms. The Morgan fingerprint density at radius 1 is 0.833 bits per heavy atom. The van der Waals surface area contributed by atoms with Crippen LogP contribution >= 0.6 is 0 Å². The summed E-state index contributed by atoms with van der Waals surface area (Å²) in [5, 5.41) is 12.3. The molecule has 0 saturated carbocycles. The van der Waals surface area contributed by atoms with Gasteiger partial charge in [0.2, 0.25) is 0 Å². The smallest absolute Gasteiger partial charge is 0.119 e. The van der Waals surface area contributed by atoms with Crippen LogP contribution in [-0.4, -0.2) is 5.11 Å². The normalized spacial score (nSPS) is 10.7. The molecule has 0 amide bonds. The van der Waals surface area contributed by atoms with Crippen LogP contribution in [0.5, 0.6) is 5.75 Å². The molecule has 0 aliphatic rings. The summed E-state index contributed by atoms with van der Waals surface area (Å²) in [7, 11) is 0. The van der Waals surface area contributed by atoms with Crippen molar-refractivity contribution in [3.8, 4) is 16.9 Å². The largest absolute Gasteiger partial charge is 0.508 e. The molecule has 0 spiro atoms. The number of hydrogen-bond acceptors (Lipinski definition) is 1. The van der Waals surface area contributed by atoms with Crippen LogP contribution in [0.1, 0.15) is 5.56 Å². The Bertz CT molecular complexity index is 699. The SMILES string of the molecule is Cc1c(O)cc2ccccc2c1-c1ccccc1. The first-order valence-electron chi connectivity index (χ1n) is 6.04. The van der Waals surface area contributed by atoms with Gasteiger partial charge in [0.05, 0.1) is 0 Å². The molecule has 18 heavy (non-hydrogen) atoms. The molecular formula is C17H14O. The van der Waals surface area contributed by atoms with Crippen molar-refractivity contribution in [2.24, 2.45) is 0 Å². The Morgan fingerprint density at radius 3 is 2.28 bits per heavy atom. The molecule has 1 nitrogen and oxygen atoms in total. The summed E-state index contributed by atoms with van der Waals surface area (Å²) in [5.74, 6) is 0.354. The van der Waals surface area contributed by atoms with Crippen molar-refractivity contribution in [1.82, 2.24) is 0 Å². The number of phenolic OH excluding ortho intramolecular Hbond substituents is 1. The van der Waals surface area contributed by atoms with Crippen LogP contribution in [0.3, 0.4) is 0 Å². The van der Waals surface area contributed by atoms with Crippen LogP contribution in [-0.2, 0) is 0 Å². The van der Waals surface area contributed by atoms with Gasteiger partial charge < -0.3 is 5.11 Å². The minimum atomic E-state index is 0.354. The van der Waals surface area contributed by atoms with Gasteiger partial charge in [-0.15, -0.1) is 0 Å². The Balaban J connectivity index is 2.43. The first-order valence-corrected chi connectivity index (χ1v) is 6.04. The monoisotopic (exact) mass is 234 g/mol. The molecule has 3 rings (SSSR count). The molecule has 88 valence electrons. The lowest BCUT2D eigenvalue weighted by atomic mass is 9.93. The third kappa shape index (κ3) is 1.65. The average molecular weight is 234 g/mol. The third-order valence-corrected chi connectivity index (χ3v) is 3.34. The molecule has 0 heterocycles. The maximum atomic E-state index is 10.1. The lowest BCUT2D eigenvalue weighted by molar-refractivity contribution is 0.472. The van der Waals surface area contributed by atoms with E-state index in [9.17, 15) is 5.11 Å². The fourth-order valence-corrected chi connectivity index (χ4v) is 2.41. The number of aromatic hydroxyl groups is 1. The van der Waals surface area contributed by atoms with E-state index in [4.69, 9.17) is 0 Å². The van der Waals surface area contributed by atoms with Crippen LogP contribution in [0.4, 0.5) is 0 Å². The molecular weight excluding hydrogens is 220 g/mol. The highest BCUT2D eigenvalue weighted by atomic mass is 16.3. The van der Waals surface area contributed by atoms with E-state index in [1.54, 1.807) is 0 Å². The molecule has 0 saturated heterocycles. The van der Waals surface area contributed by atoms with Crippen LogP contribution < -0.4 is 0 Å². The zero-order valence-corrected chi connectivity index (χ0v) is 10.2. The zero-order chi connectivity index (χ0) is 12.5. The summed E-state index contributed by atoms with van der Waals surface area (Å²) in [4.78, 5) is 0. The first-order chi connectivity index (χ1) is 8.77. The highest BCUT2D eigenvalue weighted by molar-refractivity contribution is 5.99. The van der Waals surface area contributed by atoms with E-state index in [1.807, 2.05) is 49.4 Å². The predicted molar refractivity (Wildman–Crippen MR) is 75.8 cm³/mol. The summed E-state index contributed by atoms with van der Waals surface area (Å²) < 4.78 is 0. The molecule has 1 heteroatoms. The lowest BCUT2D eigenvalue weighted by Gasteiger charge is -2.12. The van der Waals surface area contributed by atoms with Gasteiger partial charge >= 0.3 is 0 Å². The predicted octanol–water partition coefficient (Wildman–Crippen LogP) is 4.52. The quantitative estimate of drug-likeness (QED) is 0.656. The maximum Gasteiger partial charge on any atom is 0.119 e. The highest BCUT2D eigenvalue weighted by Crippen LogP contribution is 2.36. The lowest BCUT2D eigenvalue weighted by Crippen LogP contribution is -1.87. The number of benzene rings is 3. The Labute approximate surface area is 106 Å². The van der Waals surface area contributed by atoms with Crippen molar-refractivity contribution >= 4 is 10.8 Å². The van der Waals surface area contributed by atoms with E-state index in [0.29, 0.717) is 5.75 Å². The number of phenols is 1. The molecule has 0 atom stereocenters. The number of fused-ring (bicyclic) bond motifs is 1. The second kappa shape index (κ2) is 4.19. The topological polar surface area (TPSA) is 20.2 Å². The fraction of sp³-hybridized carbons (Fsp3) is 0.0588. The first kappa shape index (κ1) is 10.8. The van der Waals surface area contributed by atoms with Crippen molar-refractivity contribution in [3.05, 3.63) is 66.2 Å². The standard InChI is InChI=1S/C17H14O/c1-12-16(18)11-14-9-5-6-10-15(14)17(12)13-7-3-2-4-8-13/h2-11,18H,1H3. The molecule has 0 radical (unpaired) electrons. The van der Waals surface area contributed by atoms with Crippen LogP contribution in [0.15, 0.2) is 60.7 Å². The highest BCUT2D eigenvalue weighted by Gasteiger charge is 2.10. The molecule has 0 unspecified atom stereocenters. The third-order valence-electron chi connectivity index (χ3n) is 3.34. The number of hydrogen-bond donors (Lipinski definition) is 1. The van der Waals surface area contributed by atoms with E-state index >= 15 is 0 Å². The average Bonchev–Trinajstić information content (AvgIpc) is 2.41. The summed E-state index contributed by atoms with van der Waals surface area (Å²) in [6.07, 6.45) is 0. The summed E-state index contributed by atoms with van der Waals surface area (Å²) in [6.45, 7) is 1.96. The van der Waals surface area contributed by atoms with E-state index in [1.165, 1.54) is 5.39 Å². The van der Waals surface area contributed by atoms with Crippen LogP contribution in [0.2, 0.25) is 0 Å². The van der Waals surface area contributed by atoms with Gasteiger partial charge in [0, 0.05) is 0 Å². The molecule has 0 aromatic heterocycles. The van der Waals surface area contributed by atoms with Gasteiger partial charge in [-0.1, -0.05) is 54.6 Å². The van der Waals surface area contributed by atoms with Crippen molar-refractivity contribution in [2.45, 2.75) is 6.92 Å². The van der Waals surface area contributed by atoms with Crippen molar-refractivity contribution in [2.75, 3.05) is 0 Å². The fourth-order valence-electron chi connectivity index (χ4n) is 2.41. The second-order valence-electron chi connectivity index (χ2n) is 4.48. The molecule has 0 aliphatic heterocycles. The summed E-state index contributed by atoms with van der Waals surface area (Å²) in [6, 6.07) is 20.2. The Morgan fingerprint density at radius 2 is 1.50 bits per heavy atom. The maximum absolute atomic E-state index is 10.1. The summed E-state index contributed by atoms with van der Waals surface area (Å²) >= 11 is 0. The molecule has 3 aromatic carbocycles. The molecule has 3 aromatic rings. The molecule has 1 N–H and O–H groups in total. The zero-order valence-electron chi connectivity index (χ0n) is 10.2. The van der Waals surface area contributed by atoms with Gasteiger partial charge in [-0.25, -0.2) is 0 Å².